The highest BCUT2D eigenvalue weighted by Gasteiger charge is 2.41. The Labute approximate surface area is 134 Å². The van der Waals surface area contributed by atoms with Crippen LogP contribution in [0.2, 0.25) is 0 Å². The van der Waals surface area contributed by atoms with Crippen LogP contribution in [0.4, 0.5) is 11.6 Å². The van der Waals surface area contributed by atoms with Crippen LogP contribution in [0.1, 0.15) is 30.9 Å². The first-order valence-corrected chi connectivity index (χ1v) is 7.92. The first-order chi connectivity index (χ1) is 11.1. The number of benzene rings is 1. The number of nitrogens with zero attached hydrogens (tertiary/aromatic N) is 5. The van der Waals surface area contributed by atoms with Gasteiger partial charge in [-0.3, -0.25) is 4.79 Å². The highest BCUT2D eigenvalue weighted by molar-refractivity contribution is 6.09. The molecule has 0 N–H and O–H groups in total. The van der Waals surface area contributed by atoms with Gasteiger partial charge >= 0.3 is 0 Å². The maximum atomic E-state index is 12.6. The van der Waals surface area contributed by atoms with E-state index in [0.29, 0.717) is 12.4 Å². The van der Waals surface area contributed by atoms with Crippen LogP contribution in [0.5, 0.6) is 0 Å². The molecule has 2 aliphatic rings. The van der Waals surface area contributed by atoms with E-state index in [0.717, 1.165) is 29.8 Å². The highest BCUT2D eigenvalue weighted by Crippen LogP contribution is 2.39. The molecule has 2 heterocycles. The summed E-state index contributed by atoms with van der Waals surface area (Å²) in [6.07, 6.45) is 3.90. The fourth-order valence-corrected chi connectivity index (χ4v) is 3.52. The molecule has 4 rings (SSSR count). The van der Waals surface area contributed by atoms with Crippen LogP contribution in [0.3, 0.4) is 0 Å². The molecule has 2 aromatic rings. The van der Waals surface area contributed by atoms with E-state index in [4.69, 9.17) is 0 Å². The summed E-state index contributed by atoms with van der Waals surface area (Å²) >= 11 is 0. The third-order valence-electron chi connectivity index (χ3n) is 4.69. The maximum Gasteiger partial charge on any atom is 0.248 e. The summed E-state index contributed by atoms with van der Waals surface area (Å²) in [7, 11) is 4.03. The van der Waals surface area contributed by atoms with Gasteiger partial charge in [0.1, 0.15) is 12.1 Å². The van der Waals surface area contributed by atoms with Crippen molar-refractivity contribution in [2.75, 3.05) is 19.0 Å². The number of rotatable bonds is 2. The van der Waals surface area contributed by atoms with E-state index in [2.05, 4.69) is 44.2 Å². The fourth-order valence-electron chi connectivity index (χ4n) is 3.52. The van der Waals surface area contributed by atoms with Gasteiger partial charge in [0.25, 0.3) is 0 Å². The molecule has 0 radical (unpaired) electrons. The van der Waals surface area contributed by atoms with Crippen LogP contribution in [0, 0.1) is 5.92 Å². The van der Waals surface area contributed by atoms with E-state index < -0.39 is 0 Å². The molecule has 6 nitrogen and oxygen atoms in total. The van der Waals surface area contributed by atoms with Crippen molar-refractivity contribution in [3.63, 3.8) is 0 Å². The zero-order valence-corrected chi connectivity index (χ0v) is 13.3. The van der Waals surface area contributed by atoms with Gasteiger partial charge in [-0.15, -0.1) is 0 Å². The molecule has 1 aromatic carbocycles. The number of ketones is 1. The molecule has 1 aromatic heterocycles. The number of anilines is 1. The van der Waals surface area contributed by atoms with Crippen molar-refractivity contribution >= 4 is 23.1 Å². The van der Waals surface area contributed by atoms with Crippen molar-refractivity contribution in [1.82, 2.24) is 14.8 Å². The van der Waals surface area contributed by atoms with Gasteiger partial charge in [-0.1, -0.05) is 12.1 Å². The third-order valence-corrected chi connectivity index (χ3v) is 4.69. The molecule has 2 unspecified atom stereocenters. The summed E-state index contributed by atoms with van der Waals surface area (Å²) in [6.45, 7) is 0. The number of fused-ring (bicyclic) bond motifs is 2. The van der Waals surface area contributed by atoms with Crippen LogP contribution < -0.4 is 4.90 Å². The van der Waals surface area contributed by atoms with Gasteiger partial charge in [-0.25, -0.2) is 9.67 Å². The van der Waals surface area contributed by atoms with Gasteiger partial charge in [0.15, 0.2) is 0 Å². The minimum absolute atomic E-state index is 0.135. The molecule has 0 bridgehead atoms. The van der Waals surface area contributed by atoms with Crippen molar-refractivity contribution in [3.8, 4) is 0 Å². The van der Waals surface area contributed by atoms with Crippen LogP contribution in [-0.4, -0.2) is 40.4 Å². The molecule has 23 heavy (non-hydrogen) atoms. The van der Waals surface area contributed by atoms with Gasteiger partial charge in [0.05, 0.1) is 12.0 Å². The molecule has 0 saturated heterocycles. The van der Waals surface area contributed by atoms with Gasteiger partial charge in [0.2, 0.25) is 5.95 Å². The fraction of sp³-hybridized carbons (Fsp3) is 0.412. The normalized spacial score (nSPS) is 23.0. The van der Waals surface area contributed by atoms with Gasteiger partial charge in [-0.2, -0.15) is 10.1 Å². The summed E-state index contributed by atoms with van der Waals surface area (Å²) < 4.78 is 1.79. The topological polar surface area (TPSA) is 63.4 Å². The standard InChI is InChI=1S/C17H19N5O/c1-21(2)12-8-6-11(7-9-12)16-15-13(4-3-5-14(15)23)20-17-18-10-19-22(16)17/h6-10,15-16H,3-5H2,1-2H3. The molecule has 1 aliphatic carbocycles. The van der Waals surface area contributed by atoms with E-state index in [9.17, 15) is 4.79 Å². The Morgan fingerprint density at radius 2 is 1.96 bits per heavy atom. The number of carbonyl (C=O) groups is 1. The number of aromatic nitrogens is 3. The van der Waals surface area contributed by atoms with E-state index in [1.54, 1.807) is 4.68 Å². The maximum absolute atomic E-state index is 12.6. The molecular weight excluding hydrogens is 290 g/mol. The quantitative estimate of drug-likeness (QED) is 0.854. The predicted molar refractivity (Wildman–Crippen MR) is 88.4 cm³/mol. The van der Waals surface area contributed by atoms with Crippen LogP contribution in [0.25, 0.3) is 0 Å². The monoisotopic (exact) mass is 309 g/mol. The van der Waals surface area contributed by atoms with E-state index in [1.807, 2.05) is 14.1 Å². The summed E-state index contributed by atoms with van der Waals surface area (Å²) in [5, 5.41) is 4.33. The molecule has 1 saturated carbocycles. The second-order valence-electron chi connectivity index (χ2n) is 6.34. The van der Waals surface area contributed by atoms with Crippen molar-refractivity contribution < 1.29 is 4.79 Å². The molecular formula is C17H19N5O. The minimum atomic E-state index is -0.205. The average molecular weight is 309 g/mol. The molecule has 2 atom stereocenters. The summed E-state index contributed by atoms with van der Waals surface area (Å²) in [6, 6.07) is 8.17. The van der Waals surface area contributed by atoms with E-state index in [-0.39, 0.29) is 17.7 Å². The lowest BCUT2D eigenvalue weighted by atomic mass is 9.78. The van der Waals surface area contributed by atoms with Gasteiger partial charge in [0, 0.05) is 31.9 Å². The van der Waals surface area contributed by atoms with Crippen molar-refractivity contribution in [3.05, 3.63) is 36.2 Å². The van der Waals surface area contributed by atoms with Crippen molar-refractivity contribution in [2.45, 2.75) is 25.3 Å². The molecule has 1 fully saturated rings. The number of hydrogen-bond acceptors (Lipinski definition) is 5. The zero-order valence-electron chi connectivity index (χ0n) is 13.3. The van der Waals surface area contributed by atoms with Gasteiger partial charge in [-0.05, 0) is 30.5 Å². The third kappa shape index (κ3) is 2.25. The second-order valence-corrected chi connectivity index (χ2v) is 6.34. The van der Waals surface area contributed by atoms with Crippen molar-refractivity contribution in [2.24, 2.45) is 10.9 Å². The first-order valence-electron chi connectivity index (χ1n) is 7.92. The van der Waals surface area contributed by atoms with Gasteiger partial charge < -0.3 is 4.90 Å². The Morgan fingerprint density at radius 1 is 1.17 bits per heavy atom. The molecule has 0 amide bonds. The summed E-state index contributed by atoms with van der Waals surface area (Å²) in [4.78, 5) is 23.4. The Morgan fingerprint density at radius 3 is 2.70 bits per heavy atom. The smallest absolute Gasteiger partial charge is 0.248 e. The molecule has 1 aliphatic heterocycles. The lowest BCUT2D eigenvalue weighted by molar-refractivity contribution is -0.122. The van der Waals surface area contributed by atoms with Crippen LogP contribution in [0.15, 0.2) is 35.6 Å². The van der Waals surface area contributed by atoms with Crippen molar-refractivity contribution in [1.29, 1.82) is 0 Å². The number of hydrogen-bond donors (Lipinski definition) is 0. The van der Waals surface area contributed by atoms with E-state index >= 15 is 0 Å². The van der Waals surface area contributed by atoms with Crippen LogP contribution in [-0.2, 0) is 4.79 Å². The zero-order chi connectivity index (χ0) is 16.0. The lowest BCUT2D eigenvalue weighted by Crippen LogP contribution is -2.39. The lowest BCUT2D eigenvalue weighted by Gasteiger charge is -2.34. The Balaban J connectivity index is 1.81. The second kappa shape index (κ2) is 5.30. The van der Waals surface area contributed by atoms with E-state index in [1.165, 1.54) is 6.33 Å². The number of Topliss-reactive ketones (excluding diaryl/α,β-unsaturated/α-hetero) is 1. The summed E-state index contributed by atoms with van der Waals surface area (Å²) in [5.41, 5.74) is 3.17. The highest BCUT2D eigenvalue weighted by atomic mass is 16.1. The Bertz CT molecular complexity index is 775. The summed E-state index contributed by atoms with van der Waals surface area (Å²) in [5.74, 6) is 0.661. The Kier molecular flexibility index (Phi) is 3.25. The van der Waals surface area contributed by atoms with Crippen LogP contribution >= 0.6 is 0 Å². The molecule has 118 valence electrons. The number of carbonyl (C=O) groups excluding carboxylic acids is 1. The SMILES string of the molecule is CN(C)c1ccc(C2C3C(=O)CCCC3=Nc3ncnn32)cc1. The molecule has 0 spiro atoms. The average Bonchev–Trinajstić information content (AvgIpc) is 3.01. The number of aliphatic imine (C=N–C) groups is 1. The molecule has 6 heteroatoms. The minimum Gasteiger partial charge on any atom is -0.378 e. The predicted octanol–water partition coefficient (Wildman–Crippen LogP) is 2.39. The Hall–Kier alpha value is -2.50. The largest absolute Gasteiger partial charge is 0.378 e. The first kappa shape index (κ1) is 14.1.